The normalized spacial score (nSPS) is 20.3. The van der Waals surface area contributed by atoms with Crippen molar-refractivity contribution in [2.24, 2.45) is 11.8 Å². The van der Waals surface area contributed by atoms with Gasteiger partial charge in [-0.2, -0.15) is 0 Å². The molecule has 3 aromatic rings. The van der Waals surface area contributed by atoms with Crippen LogP contribution in [0.25, 0.3) is 10.3 Å². The maximum absolute atomic E-state index is 13.9. The molecule has 2 aliphatic heterocycles. The molecule has 2 saturated heterocycles. The second-order valence-electron chi connectivity index (χ2n) is 9.17. The number of halogens is 1. The highest BCUT2D eigenvalue weighted by Gasteiger charge is 2.28. The molecule has 0 aliphatic carbocycles. The number of anilines is 1. The number of hydrogen-bond acceptors (Lipinski definition) is 6. The van der Waals surface area contributed by atoms with Gasteiger partial charge in [0.15, 0.2) is 5.13 Å². The Kier molecular flexibility index (Phi) is 6.83. The standard InChI is InChI=1S/C25H30FN5OS/c26-21-7-2-1-5-19(21)16-30-13-9-18(10-14-30)15-28-23(32)20-6-4-12-31(17-20)25-29-22-8-3-11-27-24(22)33-25/h1-3,5,7-8,11,18,20H,4,6,9-10,12-17H2,(H,28,32)/t20-/m0/s1. The van der Waals surface area contributed by atoms with E-state index in [1.54, 1.807) is 23.6 Å². The zero-order valence-corrected chi connectivity index (χ0v) is 19.6. The summed E-state index contributed by atoms with van der Waals surface area (Å²) >= 11 is 1.60. The summed E-state index contributed by atoms with van der Waals surface area (Å²) in [5.74, 6) is 0.518. The van der Waals surface area contributed by atoms with Crippen molar-refractivity contribution in [1.82, 2.24) is 20.2 Å². The van der Waals surface area contributed by atoms with E-state index in [4.69, 9.17) is 4.98 Å². The molecule has 2 fully saturated rings. The van der Waals surface area contributed by atoms with Crippen LogP contribution in [0.2, 0.25) is 0 Å². The number of nitrogens with zero attached hydrogens (tertiary/aromatic N) is 4. The molecule has 5 rings (SSSR count). The molecule has 8 heteroatoms. The number of amides is 1. The molecule has 33 heavy (non-hydrogen) atoms. The fraction of sp³-hybridized carbons (Fsp3) is 0.480. The first-order valence-electron chi connectivity index (χ1n) is 11.9. The van der Waals surface area contributed by atoms with Gasteiger partial charge in [-0.15, -0.1) is 0 Å². The van der Waals surface area contributed by atoms with E-state index in [1.807, 2.05) is 24.3 Å². The minimum Gasteiger partial charge on any atom is -0.356 e. The SMILES string of the molecule is O=C(NCC1CCN(Cc2ccccc2F)CC1)[C@H]1CCCN(c2nc3cccnc3s2)C1. The average molecular weight is 468 g/mol. The third-order valence-corrected chi connectivity index (χ3v) is 7.88. The van der Waals surface area contributed by atoms with Crippen LogP contribution in [0.15, 0.2) is 42.6 Å². The second kappa shape index (κ2) is 10.1. The van der Waals surface area contributed by atoms with Gasteiger partial charge in [0.25, 0.3) is 0 Å². The van der Waals surface area contributed by atoms with Gasteiger partial charge >= 0.3 is 0 Å². The zero-order valence-electron chi connectivity index (χ0n) is 18.8. The van der Waals surface area contributed by atoms with E-state index in [9.17, 15) is 9.18 Å². The van der Waals surface area contributed by atoms with Gasteiger partial charge in [-0.25, -0.2) is 14.4 Å². The van der Waals surface area contributed by atoms with Crippen LogP contribution in [-0.4, -0.2) is 53.5 Å². The summed E-state index contributed by atoms with van der Waals surface area (Å²) in [4.78, 5) is 27.5. The van der Waals surface area contributed by atoms with Crippen molar-refractivity contribution >= 4 is 32.7 Å². The predicted octanol–water partition coefficient (Wildman–Crippen LogP) is 4.08. The van der Waals surface area contributed by atoms with Crippen molar-refractivity contribution < 1.29 is 9.18 Å². The number of nitrogens with one attached hydrogen (secondary N) is 1. The maximum atomic E-state index is 13.9. The Balaban J connectivity index is 1.08. The van der Waals surface area contributed by atoms with E-state index in [-0.39, 0.29) is 17.6 Å². The summed E-state index contributed by atoms with van der Waals surface area (Å²) < 4.78 is 13.9. The van der Waals surface area contributed by atoms with Gasteiger partial charge in [-0.1, -0.05) is 29.5 Å². The quantitative estimate of drug-likeness (QED) is 0.592. The highest BCUT2D eigenvalue weighted by atomic mass is 32.1. The van der Waals surface area contributed by atoms with Crippen molar-refractivity contribution in [2.75, 3.05) is 37.6 Å². The van der Waals surface area contributed by atoms with E-state index < -0.39 is 0 Å². The predicted molar refractivity (Wildman–Crippen MR) is 130 cm³/mol. The monoisotopic (exact) mass is 467 g/mol. The summed E-state index contributed by atoms with van der Waals surface area (Å²) in [7, 11) is 0. The topological polar surface area (TPSA) is 61.4 Å². The Morgan fingerprint density at radius 3 is 2.79 bits per heavy atom. The Bertz CT molecular complexity index is 1060. The zero-order chi connectivity index (χ0) is 22.6. The largest absolute Gasteiger partial charge is 0.356 e. The van der Waals surface area contributed by atoms with Crippen molar-refractivity contribution in [3.05, 3.63) is 54.0 Å². The van der Waals surface area contributed by atoms with E-state index in [1.165, 1.54) is 6.07 Å². The van der Waals surface area contributed by atoms with E-state index >= 15 is 0 Å². The van der Waals surface area contributed by atoms with E-state index in [0.29, 0.717) is 19.0 Å². The molecular weight excluding hydrogens is 437 g/mol. The van der Waals surface area contributed by atoms with Crippen molar-refractivity contribution in [2.45, 2.75) is 32.2 Å². The third kappa shape index (κ3) is 5.33. The first kappa shape index (κ1) is 22.2. The Morgan fingerprint density at radius 2 is 1.97 bits per heavy atom. The van der Waals surface area contributed by atoms with Crippen LogP contribution in [0, 0.1) is 17.7 Å². The number of aromatic nitrogens is 2. The van der Waals surface area contributed by atoms with Gasteiger partial charge < -0.3 is 10.2 Å². The maximum Gasteiger partial charge on any atom is 0.224 e. The molecule has 1 amide bonds. The number of carbonyl (C=O) groups is 1. The number of pyridine rings is 1. The van der Waals surface area contributed by atoms with Crippen LogP contribution < -0.4 is 10.2 Å². The molecular formula is C25H30FN5OS. The summed E-state index contributed by atoms with van der Waals surface area (Å²) in [6, 6.07) is 10.9. The van der Waals surface area contributed by atoms with Crippen LogP contribution in [0.1, 0.15) is 31.2 Å². The summed E-state index contributed by atoms with van der Waals surface area (Å²) in [5.41, 5.74) is 1.68. The number of carbonyl (C=O) groups excluding carboxylic acids is 1. The summed E-state index contributed by atoms with van der Waals surface area (Å²) in [6.07, 6.45) is 5.78. The molecule has 0 spiro atoms. The lowest BCUT2D eigenvalue weighted by atomic mass is 9.94. The molecule has 174 valence electrons. The van der Waals surface area contributed by atoms with Gasteiger partial charge in [0.2, 0.25) is 5.91 Å². The van der Waals surface area contributed by atoms with Crippen LogP contribution in [-0.2, 0) is 11.3 Å². The van der Waals surface area contributed by atoms with Gasteiger partial charge in [-0.3, -0.25) is 9.69 Å². The third-order valence-electron chi connectivity index (χ3n) is 6.84. The molecule has 0 radical (unpaired) electrons. The van der Waals surface area contributed by atoms with Crippen molar-refractivity contribution in [3.63, 3.8) is 0 Å². The van der Waals surface area contributed by atoms with Gasteiger partial charge in [0.1, 0.15) is 16.2 Å². The number of thiazole rings is 1. The smallest absolute Gasteiger partial charge is 0.224 e. The number of likely N-dealkylation sites (tertiary alicyclic amines) is 1. The molecule has 0 saturated carbocycles. The summed E-state index contributed by atoms with van der Waals surface area (Å²) in [6.45, 7) is 4.92. The fourth-order valence-electron chi connectivity index (χ4n) is 4.86. The fourth-order valence-corrected chi connectivity index (χ4v) is 5.81. The Hall–Kier alpha value is -2.58. The van der Waals surface area contributed by atoms with Crippen LogP contribution >= 0.6 is 11.3 Å². The van der Waals surface area contributed by atoms with Crippen molar-refractivity contribution in [3.8, 4) is 0 Å². The number of fused-ring (bicyclic) bond motifs is 1. The van der Waals surface area contributed by atoms with Crippen LogP contribution in [0.4, 0.5) is 9.52 Å². The second-order valence-corrected chi connectivity index (χ2v) is 10.1. The number of piperidine rings is 2. The Morgan fingerprint density at radius 1 is 1.12 bits per heavy atom. The lowest BCUT2D eigenvalue weighted by molar-refractivity contribution is -0.125. The Labute approximate surface area is 197 Å². The molecule has 2 aromatic heterocycles. The molecule has 0 unspecified atom stereocenters. The van der Waals surface area contributed by atoms with E-state index in [2.05, 4.69) is 20.1 Å². The van der Waals surface area contributed by atoms with Crippen LogP contribution in [0.5, 0.6) is 0 Å². The van der Waals surface area contributed by atoms with Gasteiger partial charge in [0.05, 0.1) is 5.92 Å². The molecule has 1 N–H and O–H groups in total. The lowest BCUT2D eigenvalue weighted by Crippen LogP contribution is -2.45. The molecule has 0 bridgehead atoms. The molecule has 6 nitrogen and oxygen atoms in total. The molecule has 1 atom stereocenters. The average Bonchev–Trinajstić information content (AvgIpc) is 3.29. The number of rotatable bonds is 6. The highest BCUT2D eigenvalue weighted by Crippen LogP contribution is 2.30. The highest BCUT2D eigenvalue weighted by molar-refractivity contribution is 7.21. The minimum atomic E-state index is -0.129. The van der Waals surface area contributed by atoms with Crippen LogP contribution in [0.3, 0.4) is 0 Å². The number of benzene rings is 1. The molecule has 2 aliphatic rings. The summed E-state index contributed by atoms with van der Waals surface area (Å²) in [5, 5.41) is 4.18. The molecule has 4 heterocycles. The first-order chi connectivity index (χ1) is 16.2. The minimum absolute atomic E-state index is 0.000124. The van der Waals surface area contributed by atoms with Gasteiger partial charge in [0, 0.05) is 37.9 Å². The number of hydrogen-bond donors (Lipinski definition) is 1. The first-order valence-corrected chi connectivity index (χ1v) is 12.7. The lowest BCUT2D eigenvalue weighted by Gasteiger charge is -2.34. The molecule has 1 aromatic carbocycles. The van der Waals surface area contributed by atoms with Crippen molar-refractivity contribution in [1.29, 1.82) is 0 Å². The van der Waals surface area contributed by atoms with E-state index in [0.717, 1.165) is 72.9 Å². The van der Waals surface area contributed by atoms with Gasteiger partial charge in [-0.05, 0) is 62.9 Å².